The number of halogens is 1. The first-order chi connectivity index (χ1) is 8.56. The second-order valence-corrected chi connectivity index (χ2v) is 4.32. The van der Waals surface area contributed by atoms with Crippen molar-refractivity contribution in [2.45, 2.75) is 13.3 Å². The van der Waals surface area contributed by atoms with E-state index in [1.807, 2.05) is 31.2 Å². The number of anilines is 1. The zero-order chi connectivity index (χ0) is 13.1. The summed E-state index contributed by atoms with van der Waals surface area (Å²) in [6.45, 7) is 1.96. The van der Waals surface area contributed by atoms with E-state index in [0.29, 0.717) is 5.69 Å². The van der Waals surface area contributed by atoms with Crippen molar-refractivity contribution in [1.29, 1.82) is 0 Å². The summed E-state index contributed by atoms with van der Waals surface area (Å²) >= 11 is 0. The number of rotatable bonds is 3. The molecule has 0 heterocycles. The maximum atomic E-state index is 13.1. The van der Waals surface area contributed by atoms with Crippen LogP contribution in [-0.4, -0.2) is 5.78 Å². The summed E-state index contributed by atoms with van der Waals surface area (Å²) in [7, 11) is 0. The first-order valence-corrected chi connectivity index (χ1v) is 5.70. The highest BCUT2D eigenvalue weighted by atomic mass is 19.1. The molecule has 2 N–H and O–H groups in total. The van der Waals surface area contributed by atoms with Gasteiger partial charge in [0.15, 0.2) is 5.78 Å². The summed E-state index contributed by atoms with van der Waals surface area (Å²) in [5.74, 6) is -0.616. The van der Waals surface area contributed by atoms with Crippen molar-refractivity contribution in [3.63, 3.8) is 0 Å². The number of Topliss-reactive ketones (excluding diaryl/α,β-unsaturated/α-hetero) is 1. The van der Waals surface area contributed by atoms with Crippen LogP contribution >= 0.6 is 0 Å². The molecule has 2 rings (SSSR count). The van der Waals surface area contributed by atoms with E-state index in [1.165, 1.54) is 18.2 Å². The topological polar surface area (TPSA) is 43.1 Å². The lowest BCUT2D eigenvalue weighted by atomic mass is 10.0. The van der Waals surface area contributed by atoms with Gasteiger partial charge in [0, 0.05) is 17.7 Å². The highest BCUT2D eigenvalue weighted by molar-refractivity contribution is 6.01. The number of aryl methyl sites for hydroxylation is 1. The second kappa shape index (κ2) is 5.00. The molecule has 2 aromatic carbocycles. The molecule has 0 saturated carbocycles. The Kier molecular flexibility index (Phi) is 3.42. The van der Waals surface area contributed by atoms with Crippen molar-refractivity contribution in [2.75, 3.05) is 5.73 Å². The highest BCUT2D eigenvalue weighted by Crippen LogP contribution is 2.16. The number of nitrogens with two attached hydrogens (primary N) is 1. The number of ketones is 1. The van der Waals surface area contributed by atoms with Crippen LogP contribution in [0.1, 0.15) is 21.5 Å². The quantitative estimate of drug-likeness (QED) is 0.664. The molecule has 0 amide bonds. The number of benzene rings is 2. The average molecular weight is 243 g/mol. The number of carbonyl (C=O) groups excluding carboxylic acids is 1. The third-order valence-corrected chi connectivity index (χ3v) is 2.76. The van der Waals surface area contributed by atoms with Gasteiger partial charge in [-0.15, -0.1) is 0 Å². The van der Waals surface area contributed by atoms with E-state index in [1.54, 1.807) is 0 Å². The summed E-state index contributed by atoms with van der Waals surface area (Å²) in [6, 6.07) is 11.5. The SMILES string of the molecule is Cc1cccc(CC(=O)c2cc(F)ccc2N)c1. The third-order valence-electron chi connectivity index (χ3n) is 2.76. The van der Waals surface area contributed by atoms with Crippen molar-refractivity contribution in [3.05, 3.63) is 65.0 Å². The van der Waals surface area contributed by atoms with E-state index >= 15 is 0 Å². The summed E-state index contributed by atoms with van der Waals surface area (Å²) in [6.07, 6.45) is 0.231. The molecule has 0 spiro atoms. The van der Waals surface area contributed by atoms with Crippen LogP contribution in [0.2, 0.25) is 0 Å². The Balaban J connectivity index is 2.24. The van der Waals surface area contributed by atoms with Gasteiger partial charge < -0.3 is 5.73 Å². The molecular formula is C15H14FNO. The fraction of sp³-hybridized carbons (Fsp3) is 0.133. The molecule has 2 nitrogen and oxygen atoms in total. The summed E-state index contributed by atoms with van der Waals surface area (Å²) < 4.78 is 13.1. The van der Waals surface area contributed by atoms with Gasteiger partial charge in [-0.1, -0.05) is 29.8 Å². The number of carbonyl (C=O) groups is 1. The summed E-state index contributed by atoms with van der Waals surface area (Å²) in [5, 5.41) is 0. The average Bonchev–Trinajstić information content (AvgIpc) is 2.32. The van der Waals surface area contributed by atoms with E-state index in [0.717, 1.165) is 11.1 Å². The standard InChI is InChI=1S/C15H14FNO/c1-10-3-2-4-11(7-10)8-15(18)13-9-12(16)5-6-14(13)17/h2-7,9H,8,17H2,1H3. The van der Waals surface area contributed by atoms with E-state index in [2.05, 4.69) is 0 Å². The molecule has 0 aliphatic rings. The molecule has 0 saturated heterocycles. The van der Waals surface area contributed by atoms with Crippen LogP contribution in [0.25, 0.3) is 0 Å². The Bertz CT molecular complexity index is 593. The van der Waals surface area contributed by atoms with Crippen LogP contribution in [0.15, 0.2) is 42.5 Å². The van der Waals surface area contributed by atoms with Gasteiger partial charge in [-0.25, -0.2) is 4.39 Å². The molecule has 0 atom stereocenters. The van der Waals surface area contributed by atoms with Gasteiger partial charge in [0.05, 0.1) is 0 Å². The molecule has 0 bridgehead atoms. The molecule has 0 radical (unpaired) electrons. The van der Waals surface area contributed by atoms with Crippen LogP contribution in [0.3, 0.4) is 0 Å². The summed E-state index contributed by atoms with van der Waals surface area (Å²) in [4.78, 5) is 12.1. The van der Waals surface area contributed by atoms with Gasteiger partial charge in [0.1, 0.15) is 5.82 Å². The van der Waals surface area contributed by atoms with Crippen LogP contribution in [-0.2, 0) is 6.42 Å². The number of hydrogen-bond donors (Lipinski definition) is 1. The minimum absolute atomic E-state index is 0.169. The Morgan fingerprint density at radius 3 is 2.72 bits per heavy atom. The van der Waals surface area contributed by atoms with Crippen molar-refractivity contribution in [2.24, 2.45) is 0 Å². The molecule has 0 aromatic heterocycles. The lowest BCUT2D eigenvalue weighted by Gasteiger charge is -2.05. The molecule has 0 fully saturated rings. The molecule has 0 aliphatic heterocycles. The monoisotopic (exact) mass is 243 g/mol. The van der Waals surface area contributed by atoms with Crippen LogP contribution in [0.4, 0.5) is 10.1 Å². The molecule has 0 aliphatic carbocycles. The van der Waals surface area contributed by atoms with Crippen molar-refractivity contribution < 1.29 is 9.18 Å². The van der Waals surface area contributed by atoms with Crippen molar-refractivity contribution in [1.82, 2.24) is 0 Å². The first kappa shape index (κ1) is 12.3. The maximum Gasteiger partial charge on any atom is 0.169 e. The van der Waals surface area contributed by atoms with Crippen molar-refractivity contribution in [3.8, 4) is 0 Å². The minimum Gasteiger partial charge on any atom is -0.398 e. The van der Waals surface area contributed by atoms with Gasteiger partial charge in [-0.2, -0.15) is 0 Å². The van der Waals surface area contributed by atoms with E-state index in [4.69, 9.17) is 5.73 Å². The van der Waals surface area contributed by atoms with E-state index in [-0.39, 0.29) is 17.8 Å². The molecule has 18 heavy (non-hydrogen) atoms. The largest absolute Gasteiger partial charge is 0.398 e. The third kappa shape index (κ3) is 2.74. The smallest absolute Gasteiger partial charge is 0.169 e. The van der Waals surface area contributed by atoms with Gasteiger partial charge in [-0.05, 0) is 30.7 Å². The first-order valence-electron chi connectivity index (χ1n) is 5.70. The molecule has 2 aromatic rings. The number of hydrogen-bond acceptors (Lipinski definition) is 2. The predicted molar refractivity (Wildman–Crippen MR) is 70.0 cm³/mol. The Morgan fingerprint density at radius 2 is 2.00 bits per heavy atom. The molecule has 3 heteroatoms. The van der Waals surface area contributed by atoms with Crippen LogP contribution in [0.5, 0.6) is 0 Å². The second-order valence-electron chi connectivity index (χ2n) is 4.32. The van der Waals surface area contributed by atoms with Gasteiger partial charge in [-0.3, -0.25) is 4.79 Å². The number of nitrogen functional groups attached to an aromatic ring is 1. The fourth-order valence-corrected chi connectivity index (χ4v) is 1.87. The predicted octanol–water partition coefficient (Wildman–Crippen LogP) is 3.14. The Hall–Kier alpha value is -2.16. The molecule has 0 unspecified atom stereocenters. The normalized spacial score (nSPS) is 10.3. The lowest BCUT2D eigenvalue weighted by molar-refractivity contribution is 0.0993. The van der Waals surface area contributed by atoms with Gasteiger partial charge >= 0.3 is 0 Å². The lowest BCUT2D eigenvalue weighted by Crippen LogP contribution is -2.07. The zero-order valence-electron chi connectivity index (χ0n) is 10.1. The van der Waals surface area contributed by atoms with Gasteiger partial charge in [0.2, 0.25) is 0 Å². The highest BCUT2D eigenvalue weighted by Gasteiger charge is 2.11. The fourth-order valence-electron chi connectivity index (χ4n) is 1.87. The zero-order valence-corrected chi connectivity index (χ0v) is 10.1. The van der Waals surface area contributed by atoms with Crippen molar-refractivity contribution >= 4 is 11.5 Å². The summed E-state index contributed by atoms with van der Waals surface area (Å²) in [5.41, 5.74) is 8.24. The van der Waals surface area contributed by atoms with Crippen LogP contribution < -0.4 is 5.73 Å². The van der Waals surface area contributed by atoms with Gasteiger partial charge in [0.25, 0.3) is 0 Å². The van der Waals surface area contributed by atoms with E-state index in [9.17, 15) is 9.18 Å². The molecule has 92 valence electrons. The Labute approximate surface area is 105 Å². The maximum absolute atomic E-state index is 13.1. The minimum atomic E-state index is -0.447. The van der Waals surface area contributed by atoms with Crippen LogP contribution in [0, 0.1) is 12.7 Å². The van der Waals surface area contributed by atoms with E-state index < -0.39 is 5.82 Å². The molecular weight excluding hydrogens is 229 g/mol. The Morgan fingerprint density at radius 1 is 1.22 bits per heavy atom.